The SMILES string of the molecule is C#CCN(CC)S(=O)(=O)c1ccc(CNC)cc1F. The summed E-state index contributed by atoms with van der Waals surface area (Å²) in [6, 6.07) is 4.07. The number of hydrogen-bond acceptors (Lipinski definition) is 3. The summed E-state index contributed by atoms with van der Waals surface area (Å²) in [6.07, 6.45) is 5.12. The summed E-state index contributed by atoms with van der Waals surface area (Å²) in [5.74, 6) is 1.50. The van der Waals surface area contributed by atoms with Crippen LogP contribution in [0.25, 0.3) is 0 Å². The Hall–Kier alpha value is -1.42. The maximum atomic E-state index is 13.9. The largest absolute Gasteiger partial charge is 0.316 e. The second-order valence-electron chi connectivity index (χ2n) is 3.93. The molecule has 0 aliphatic carbocycles. The predicted molar refractivity (Wildman–Crippen MR) is 72.4 cm³/mol. The van der Waals surface area contributed by atoms with E-state index in [0.29, 0.717) is 12.1 Å². The first-order valence-electron chi connectivity index (χ1n) is 5.84. The fourth-order valence-electron chi connectivity index (χ4n) is 1.68. The van der Waals surface area contributed by atoms with Gasteiger partial charge in [0.2, 0.25) is 10.0 Å². The first-order chi connectivity index (χ1) is 8.97. The summed E-state index contributed by atoms with van der Waals surface area (Å²) < 4.78 is 39.4. The van der Waals surface area contributed by atoms with E-state index in [1.165, 1.54) is 12.1 Å². The normalized spacial score (nSPS) is 11.5. The van der Waals surface area contributed by atoms with Gasteiger partial charge in [-0.05, 0) is 24.7 Å². The van der Waals surface area contributed by atoms with E-state index in [-0.39, 0.29) is 18.0 Å². The van der Waals surface area contributed by atoms with Crippen LogP contribution in [0.3, 0.4) is 0 Å². The van der Waals surface area contributed by atoms with Crippen LogP contribution in [0, 0.1) is 18.2 Å². The maximum absolute atomic E-state index is 13.9. The quantitative estimate of drug-likeness (QED) is 0.798. The number of halogens is 1. The van der Waals surface area contributed by atoms with E-state index in [9.17, 15) is 12.8 Å². The van der Waals surface area contributed by atoms with Crippen LogP contribution in [0.15, 0.2) is 23.1 Å². The van der Waals surface area contributed by atoms with Crippen molar-refractivity contribution in [2.24, 2.45) is 0 Å². The molecule has 0 spiro atoms. The van der Waals surface area contributed by atoms with Crippen molar-refractivity contribution in [2.75, 3.05) is 20.1 Å². The van der Waals surface area contributed by atoms with Crippen LogP contribution in [0.1, 0.15) is 12.5 Å². The Kier molecular flexibility index (Phi) is 5.48. The van der Waals surface area contributed by atoms with Gasteiger partial charge in [0.15, 0.2) is 0 Å². The molecule has 1 aromatic rings. The van der Waals surface area contributed by atoms with Gasteiger partial charge in [-0.3, -0.25) is 0 Å². The maximum Gasteiger partial charge on any atom is 0.246 e. The zero-order valence-corrected chi connectivity index (χ0v) is 11.8. The van der Waals surface area contributed by atoms with Gasteiger partial charge in [-0.25, -0.2) is 12.8 Å². The molecular weight excluding hydrogens is 267 g/mol. The van der Waals surface area contributed by atoms with Crippen LogP contribution in [-0.2, 0) is 16.6 Å². The molecule has 6 heteroatoms. The summed E-state index contributed by atoms with van der Waals surface area (Å²) in [5.41, 5.74) is 0.680. The molecule has 0 heterocycles. The number of hydrogen-bond donors (Lipinski definition) is 1. The molecule has 0 bridgehead atoms. The average Bonchev–Trinajstić information content (AvgIpc) is 2.35. The summed E-state index contributed by atoms with van der Waals surface area (Å²) in [7, 11) is -2.15. The lowest BCUT2D eigenvalue weighted by Gasteiger charge is -2.18. The van der Waals surface area contributed by atoms with E-state index in [2.05, 4.69) is 11.2 Å². The van der Waals surface area contributed by atoms with Crippen LogP contribution < -0.4 is 5.32 Å². The van der Waals surface area contributed by atoms with Crippen LogP contribution in [0.5, 0.6) is 0 Å². The standard InChI is InChI=1S/C13H17FN2O2S/c1-4-8-16(5-2)19(17,18)13-7-6-11(10-15-3)9-12(13)14/h1,6-7,9,15H,5,8,10H2,2-3H3. The van der Waals surface area contributed by atoms with Gasteiger partial charge in [-0.1, -0.05) is 18.9 Å². The lowest BCUT2D eigenvalue weighted by molar-refractivity contribution is 0.457. The molecule has 0 saturated heterocycles. The molecule has 19 heavy (non-hydrogen) atoms. The van der Waals surface area contributed by atoms with Crippen molar-refractivity contribution >= 4 is 10.0 Å². The first kappa shape index (κ1) is 15.6. The van der Waals surface area contributed by atoms with Crippen molar-refractivity contribution in [1.29, 1.82) is 0 Å². The number of nitrogens with one attached hydrogen (secondary N) is 1. The Morgan fingerprint density at radius 1 is 1.47 bits per heavy atom. The van der Waals surface area contributed by atoms with Crippen LogP contribution in [0.2, 0.25) is 0 Å². The topological polar surface area (TPSA) is 49.4 Å². The van der Waals surface area contributed by atoms with Crippen molar-refractivity contribution in [2.45, 2.75) is 18.4 Å². The van der Waals surface area contributed by atoms with Crippen molar-refractivity contribution < 1.29 is 12.8 Å². The molecule has 0 aliphatic rings. The van der Waals surface area contributed by atoms with Crippen molar-refractivity contribution in [3.63, 3.8) is 0 Å². The van der Waals surface area contributed by atoms with Gasteiger partial charge in [0.1, 0.15) is 10.7 Å². The zero-order valence-electron chi connectivity index (χ0n) is 11.0. The first-order valence-corrected chi connectivity index (χ1v) is 7.28. The number of nitrogens with zero attached hydrogens (tertiary/aromatic N) is 1. The molecule has 0 atom stereocenters. The molecule has 1 rings (SSSR count). The van der Waals surface area contributed by atoms with Gasteiger partial charge in [0.25, 0.3) is 0 Å². The molecule has 1 aromatic carbocycles. The molecule has 0 fully saturated rings. The smallest absolute Gasteiger partial charge is 0.246 e. The minimum Gasteiger partial charge on any atom is -0.316 e. The molecule has 104 valence electrons. The van der Waals surface area contributed by atoms with E-state index < -0.39 is 15.8 Å². The predicted octanol–water partition coefficient (Wildman–Crippen LogP) is 1.19. The zero-order chi connectivity index (χ0) is 14.5. The lowest BCUT2D eigenvalue weighted by atomic mass is 10.2. The summed E-state index contributed by atoms with van der Waals surface area (Å²) in [6.45, 7) is 2.25. The highest BCUT2D eigenvalue weighted by atomic mass is 32.2. The Morgan fingerprint density at radius 3 is 2.63 bits per heavy atom. The van der Waals surface area contributed by atoms with E-state index in [1.54, 1.807) is 20.0 Å². The summed E-state index contributed by atoms with van der Waals surface area (Å²) in [5, 5.41) is 2.87. The third-order valence-electron chi connectivity index (χ3n) is 2.62. The third kappa shape index (κ3) is 3.53. The van der Waals surface area contributed by atoms with Crippen molar-refractivity contribution in [3.8, 4) is 12.3 Å². The van der Waals surface area contributed by atoms with E-state index in [0.717, 1.165) is 4.31 Å². The van der Waals surface area contributed by atoms with Gasteiger partial charge in [0, 0.05) is 13.1 Å². The molecule has 0 saturated carbocycles. The van der Waals surface area contributed by atoms with Crippen LogP contribution in [0.4, 0.5) is 4.39 Å². The van der Waals surface area contributed by atoms with Gasteiger partial charge in [0.05, 0.1) is 6.54 Å². The second kappa shape index (κ2) is 6.66. The fourth-order valence-corrected chi connectivity index (χ4v) is 3.08. The minimum absolute atomic E-state index is 0.0729. The molecule has 4 nitrogen and oxygen atoms in total. The Bertz CT molecular complexity index is 579. The van der Waals surface area contributed by atoms with E-state index >= 15 is 0 Å². The molecule has 0 aliphatic heterocycles. The van der Waals surface area contributed by atoms with Gasteiger partial charge in [-0.15, -0.1) is 6.42 Å². The molecular formula is C13H17FN2O2S. The van der Waals surface area contributed by atoms with E-state index in [1.807, 2.05) is 0 Å². The van der Waals surface area contributed by atoms with Gasteiger partial charge < -0.3 is 5.32 Å². The second-order valence-corrected chi connectivity index (χ2v) is 5.84. The van der Waals surface area contributed by atoms with Gasteiger partial charge >= 0.3 is 0 Å². The van der Waals surface area contributed by atoms with Crippen LogP contribution >= 0.6 is 0 Å². The summed E-state index contributed by atoms with van der Waals surface area (Å²) >= 11 is 0. The average molecular weight is 284 g/mol. The Balaban J connectivity index is 3.18. The minimum atomic E-state index is -3.88. The third-order valence-corrected chi connectivity index (χ3v) is 4.57. The Labute approximate surface area is 113 Å². The summed E-state index contributed by atoms with van der Waals surface area (Å²) in [4.78, 5) is -0.343. The number of benzene rings is 1. The molecule has 0 amide bonds. The molecule has 0 radical (unpaired) electrons. The number of sulfonamides is 1. The van der Waals surface area contributed by atoms with Crippen molar-refractivity contribution in [1.82, 2.24) is 9.62 Å². The van der Waals surface area contributed by atoms with Crippen molar-refractivity contribution in [3.05, 3.63) is 29.6 Å². The lowest BCUT2D eigenvalue weighted by Crippen LogP contribution is -2.31. The Morgan fingerprint density at radius 2 is 2.16 bits per heavy atom. The highest BCUT2D eigenvalue weighted by molar-refractivity contribution is 7.89. The highest BCUT2D eigenvalue weighted by Gasteiger charge is 2.25. The highest BCUT2D eigenvalue weighted by Crippen LogP contribution is 2.20. The fraction of sp³-hybridized carbons (Fsp3) is 0.385. The van der Waals surface area contributed by atoms with Crippen LogP contribution in [-0.4, -0.2) is 32.9 Å². The number of terminal acetylenes is 1. The molecule has 0 unspecified atom stereocenters. The molecule has 0 aromatic heterocycles. The number of rotatable bonds is 6. The van der Waals surface area contributed by atoms with Gasteiger partial charge in [-0.2, -0.15) is 4.31 Å². The van der Waals surface area contributed by atoms with E-state index in [4.69, 9.17) is 6.42 Å². The molecule has 1 N–H and O–H groups in total. The monoisotopic (exact) mass is 284 g/mol.